The van der Waals surface area contributed by atoms with Crippen molar-refractivity contribution < 1.29 is 28.6 Å². The van der Waals surface area contributed by atoms with Crippen molar-refractivity contribution in [2.24, 2.45) is 5.41 Å². The number of hydrogen-bond donors (Lipinski definition) is 0. The molecule has 108 valence electrons. The van der Waals surface area contributed by atoms with Crippen molar-refractivity contribution in [1.82, 2.24) is 0 Å². The number of carbonyl (C=O) groups excluding carboxylic acids is 3. The lowest BCUT2D eigenvalue weighted by molar-refractivity contribution is -0.158. The first kappa shape index (κ1) is 17.2. The Labute approximate surface area is 112 Å². The molecule has 0 fully saturated rings. The van der Waals surface area contributed by atoms with E-state index in [1.165, 1.54) is 13.8 Å². The Morgan fingerprint density at radius 1 is 1.00 bits per heavy atom. The summed E-state index contributed by atoms with van der Waals surface area (Å²) in [5.41, 5.74) is -0.740. The Hall–Kier alpha value is -1.85. The van der Waals surface area contributed by atoms with Crippen molar-refractivity contribution in [3.63, 3.8) is 0 Å². The third-order valence-electron chi connectivity index (χ3n) is 2.60. The second-order valence-electron chi connectivity index (χ2n) is 4.23. The van der Waals surface area contributed by atoms with Gasteiger partial charge in [-0.15, -0.1) is 0 Å². The summed E-state index contributed by atoms with van der Waals surface area (Å²) < 4.78 is 14.9. The molecule has 0 atom stereocenters. The summed E-state index contributed by atoms with van der Waals surface area (Å²) in [4.78, 5) is 32.9. The predicted octanol–water partition coefficient (Wildman–Crippen LogP) is 1.24. The number of carbonyl (C=O) groups is 3. The highest BCUT2D eigenvalue weighted by Crippen LogP contribution is 2.24. The molecule has 0 saturated carbocycles. The van der Waals surface area contributed by atoms with Gasteiger partial charge in [0, 0.05) is 19.9 Å². The summed E-state index contributed by atoms with van der Waals surface area (Å²) in [5, 5.41) is 0. The molecule has 0 aromatic heterocycles. The van der Waals surface area contributed by atoms with E-state index in [-0.39, 0.29) is 19.8 Å². The zero-order chi connectivity index (χ0) is 14.9. The Bertz CT molecular complexity index is 329. The molecule has 0 aromatic carbocycles. The Balaban J connectivity index is 4.71. The van der Waals surface area contributed by atoms with Crippen LogP contribution in [0.25, 0.3) is 0 Å². The summed E-state index contributed by atoms with van der Waals surface area (Å²) in [7, 11) is 0. The van der Waals surface area contributed by atoms with E-state index in [0.717, 1.165) is 6.08 Å². The maximum absolute atomic E-state index is 11.1. The smallest absolute Gasteiger partial charge is 0.330 e. The minimum absolute atomic E-state index is 0.0105. The Morgan fingerprint density at radius 2 is 1.42 bits per heavy atom. The molecule has 0 aliphatic carbocycles. The van der Waals surface area contributed by atoms with Gasteiger partial charge >= 0.3 is 17.9 Å². The lowest BCUT2D eigenvalue weighted by atomic mass is 9.88. The van der Waals surface area contributed by atoms with Crippen LogP contribution in [0.3, 0.4) is 0 Å². The topological polar surface area (TPSA) is 78.9 Å². The van der Waals surface area contributed by atoms with Crippen LogP contribution in [0.4, 0.5) is 0 Å². The second-order valence-corrected chi connectivity index (χ2v) is 4.23. The van der Waals surface area contributed by atoms with E-state index in [2.05, 4.69) is 6.58 Å². The number of hydrogen-bond acceptors (Lipinski definition) is 6. The number of rotatable bonds is 8. The van der Waals surface area contributed by atoms with Crippen molar-refractivity contribution >= 4 is 17.9 Å². The van der Waals surface area contributed by atoms with Crippen LogP contribution in [-0.2, 0) is 28.6 Å². The first-order valence-electron chi connectivity index (χ1n) is 5.91. The third-order valence-corrected chi connectivity index (χ3v) is 2.60. The minimum atomic E-state index is -0.740. The standard InChI is InChI=1S/C13H20O6/c1-5-12(16)19-9-13(6-2,7-17-10(3)14)8-18-11(4)15/h5H,1,6-9H2,2-4H3. The first-order chi connectivity index (χ1) is 8.85. The van der Waals surface area contributed by atoms with Crippen molar-refractivity contribution in [2.45, 2.75) is 27.2 Å². The monoisotopic (exact) mass is 272 g/mol. The highest BCUT2D eigenvalue weighted by atomic mass is 16.6. The minimum Gasteiger partial charge on any atom is -0.465 e. The molecule has 0 spiro atoms. The van der Waals surface area contributed by atoms with E-state index >= 15 is 0 Å². The number of esters is 3. The van der Waals surface area contributed by atoms with Gasteiger partial charge in [-0.25, -0.2) is 4.79 Å². The lowest BCUT2D eigenvalue weighted by Crippen LogP contribution is -2.38. The highest BCUT2D eigenvalue weighted by molar-refractivity contribution is 5.81. The molecule has 6 nitrogen and oxygen atoms in total. The van der Waals surface area contributed by atoms with Gasteiger partial charge in [0.1, 0.15) is 19.8 Å². The zero-order valence-electron chi connectivity index (χ0n) is 11.6. The Morgan fingerprint density at radius 3 is 1.74 bits per heavy atom. The van der Waals surface area contributed by atoms with Crippen LogP contribution >= 0.6 is 0 Å². The van der Waals surface area contributed by atoms with Gasteiger partial charge in [-0.3, -0.25) is 9.59 Å². The van der Waals surface area contributed by atoms with Gasteiger partial charge in [0.2, 0.25) is 0 Å². The van der Waals surface area contributed by atoms with E-state index in [9.17, 15) is 14.4 Å². The average molecular weight is 272 g/mol. The van der Waals surface area contributed by atoms with Gasteiger partial charge in [0.25, 0.3) is 0 Å². The molecule has 0 bridgehead atoms. The largest absolute Gasteiger partial charge is 0.465 e. The van der Waals surface area contributed by atoms with Gasteiger partial charge in [0.15, 0.2) is 0 Å². The van der Waals surface area contributed by atoms with Crippen molar-refractivity contribution in [2.75, 3.05) is 19.8 Å². The normalized spacial score (nSPS) is 10.5. The fraction of sp³-hybridized carbons (Fsp3) is 0.615. The molecule has 0 aliphatic heterocycles. The Kier molecular flexibility index (Phi) is 7.48. The fourth-order valence-corrected chi connectivity index (χ4v) is 1.22. The molecule has 0 saturated heterocycles. The van der Waals surface area contributed by atoms with Crippen LogP contribution in [0.1, 0.15) is 27.2 Å². The summed E-state index contributed by atoms with van der Waals surface area (Å²) in [6.45, 7) is 7.68. The first-order valence-corrected chi connectivity index (χ1v) is 5.91. The van der Waals surface area contributed by atoms with Gasteiger partial charge in [-0.1, -0.05) is 13.5 Å². The lowest BCUT2D eigenvalue weighted by Gasteiger charge is -2.30. The molecule has 0 aromatic rings. The molecule has 19 heavy (non-hydrogen) atoms. The SMILES string of the molecule is C=CC(=O)OCC(CC)(COC(C)=O)COC(C)=O. The number of ether oxygens (including phenoxy) is 3. The maximum Gasteiger partial charge on any atom is 0.330 e. The summed E-state index contributed by atoms with van der Waals surface area (Å²) >= 11 is 0. The fourth-order valence-electron chi connectivity index (χ4n) is 1.22. The molecular formula is C13H20O6. The molecule has 0 heterocycles. The van der Waals surface area contributed by atoms with Gasteiger partial charge < -0.3 is 14.2 Å². The van der Waals surface area contributed by atoms with Crippen molar-refractivity contribution in [1.29, 1.82) is 0 Å². The average Bonchev–Trinajstić information content (AvgIpc) is 2.37. The van der Waals surface area contributed by atoms with Crippen LogP contribution in [-0.4, -0.2) is 37.7 Å². The summed E-state index contributed by atoms with van der Waals surface area (Å²) in [5.74, 6) is -1.48. The third kappa shape index (κ3) is 7.23. The summed E-state index contributed by atoms with van der Waals surface area (Å²) in [6, 6.07) is 0. The molecule has 0 N–H and O–H groups in total. The molecule has 0 amide bonds. The molecule has 6 heteroatoms. The zero-order valence-corrected chi connectivity index (χ0v) is 11.6. The molecule has 0 aliphatic rings. The quantitative estimate of drug-likeness (QED) is 0.376. The van der Waals surface area contributed by atoms with Crippen LogP contribution in [0.2, 0.25) is 0 Å². The molecule has 0 radical (unpaired) electrons. The molecule has 0 unspecified atom stereocenters. The van der Waals surface area contributed by atoms with E-state index < -0.39 is 23.3 Å². The van der Waals surface area contributed by atoms with Crippen LogP contribution in [0.15, 0.2) is 12.7 Å². The van der Waals surface area contributed by atoms with Crippen molar-refractivity contribution in [3.05, 3.63) is 12.7 Å². The van der Waals surface area contributed by atoms with E-state index in [4.69, 9.17) is 14.2 Å². The predicted molar refractivity (Wildman–Crippen MR) is 67.1 cm³/mol. The van der Waals surface area contributed by atoms with E-state index in [0.29, 0.717) is 6.42 Å². The van der Waals surface area contributed by atoms with Gasteiger partial charge in [-0.2, -0.15) is 0 Å². The van der Waals surface area contributed by atoms with E-state index in [1.807, 2.05) is 6.92 Å². The maximum atomic E-state index is 11.1. The van der Waals surface area contributed by atoms with Crippen LogP contribution < -0.4 is 0 Å². The molecule has 0 rings (SSSR count). The summed E-state index contributed by atoms with van der Waals surface area (Å²) in [6.07, 6.45) is 1.55. The second kappa shape index (κ2) is 8.29. The van der Waals surface area contributed by atoms with Gasteiger partial charge in [0.05, 0.1) is 5.41 Å². The highest BCUT2D eigenvalue weighted by Gasteiger charge is 2.33. The molecular weight excluding hydrogens is 252 g/mol. The van der Waals surface area contributed by atoms with E-state index in [1.54, 1.807) is 0 Å². The van der Waals surface area contributed by atoms with Crippen LogP contribution in [0.5, 0.6) is 0 Å². The van der Waals surface area contributed by atoms with Gasteiger partial charge in [-0.05, 0) is 6.42 Å². The van der Waals surface area contributed by atoms with Crippen molar-refractivity contribution in [3.8, 4) is 0 Å². The van der Waals surface area contributed by atoms with Crippen LogP contribution in [0, 0.1) is 5.41 Å².